The van der Waals surface area contributed by atoms with E-state index in [2.05, 4.69) is 37.7 Å². The Labute approximate surface area is 111 Å². The van der Waals surface area contributed by atoms with Crippen molar-refractivity contribution in [3.05, 3.63) is 0 Å². The molecule has 1 fully saturated rings. The topological polar surface area (TPSA) is 32.8 Å². The lowest BCUT2D eigenvalue weighted by atomic mass is 9.91. The minimum atomic E-state index is -0.153. The highest BCUT2D eigenvalue weighted by atomic mass is 16.5. The highest BCUT2D eigenvalue weighted by Crippen LogP contribution is 2.24. The number of carbonyl (C=O) groups excluding carboxylic acids is 1. The molecule has 106 valence electrons. The van der Waals surface area contributed by atoms with Crippen LogP contribution >= 0.6 is 0 Å². The molecule has 4 heteroatoms. The summed E-state index contributed by atoms with van der Waals surface area (Å²) in [6, 6.07) is 0.507. The third kappa shape index (κ3) is 4.94. The van der Waals surface area contributed by atoms with Crippen LogP contribution in [0.4, 0.5) is 0 Å². The molecule has 0 aliphatic carbocycles. The average molecular weight is 256 g/mol. The van der Waals surface area contributed by atoms with E-state index in [1.165, 1.54) is 13.3 Å². The maximum Gasteiger partial charge on any atom is 0.302 e. The van der Waals surface area contributed by atoms with Crippen molar-refractivity contribution >= 4 is 5.97 Å². The van der Waals surface area contributed by atoms with Crippen molar-refractivity contribution in [2.75, 3.05) is 33.7 Å². The molecule has 0 bridgehead atoms. The highest BCUT2D eigenvalue weighted by Gasteiger charge is 2.32. The van der Waals surface area contributed by atoms with E-state index >= 15 is 0 Å². The van der Waals surface area contributed by atoms with Gasteiger partial charge in [0.15, 0.2) is 0 Å². The van der Waals surface area contributed by atoms with Crippen LogP contribution in [0.15, 0.2) is 0 Å². The van der Waals surface area contributed by atoms with Crippen LogP contribution in [-0.4, -0.2) is 61.6 Å². The summed E-state index contributed by atoms with van der Waals surface area (Å²) < 4.78 is 5.39. The predicted molar refractivity (Wildman–Crippen MR) is 73.5 cm³/mol. The van der Waals surface area contributed by atoms with E-state index in [9.17, 15) is 4.79 Å². The van der Waals surface area contributed by atoms with Crippen molar-refractivity contribution in [2.45, 2.75) is 45.8 Å². The summed E-state index contributed by atoms with van der Waals surface area (Å²) in [7, 11) is 4.22. The van der Waals surface area contributed by atoms with Gasteiger partial charge in [0.05, 0.1) is 0 Å². The number of rotatable bonds is 5. The van der Waals surface area contributed by atoms with Gasteiger partial charge < -0.3 is 14.5 Å². The average Bonchev–Trinajstić information content (AvgIpc) is 2.23. The quantitative estimate of drug-likeness (QED) is 0.700. The van der Waals surface area contributed by atoms with Crippen molar-refractivity contribution in [1.29, 1.82) is 0 Å². The maximum absolute atomic E-state index is 11.1. The fourth-order valence-electron chi connectivity index (χ4n) is 2.66. The first kappa shape index (κ1) is 15.4. The van der Waals surface area contributed by atoms with E-state index in [4.69, 9.17) is 4.74 Å². The minimum Gasteiger partial charge on any atom is -0.462 e. The Morgan fingerprint density at radius 1 is 1.39 bits per heavy atom. The van der Waals surface area contributed by atoms with Gasteiger partial charge in [0.1, 0.15) is 6.10 Å². The number of likely N-dealkylation sites (tertiary alicyclic amines) is 1. The molecule has 1 aliphatic heterocycles. The fraction of sp³-hybridized carbons (Fsp3) is 0.929. The lowest BCUT2D eigenvalue weighted by molar-refractivity contribution is -0.153. The first-order chi connectivity index (χ1) is 8.40. The molecule has 0 aromatic rings. The van der Waals surface area contributed by atoms with Gasteiger partial charge in [-0.25, -0.2) is 0 Å². The second-order valence-corrected chi connectivity index (χ2v) is 5.86. The van der Waals surface area contributed by atoms with Crippen molar-refractivity contribution in [1.82, 2.24) is 9.80 Å². The number of esters is 1. The molecule has 0 amide bonds. The summed E-state index contributed by atoms with van der Waals surface area (Å²) in [6.45, 7) is 9.21. The maximum atomic E-state index is 11.1. The first-order valence-electron chi connectivity index (χ1n) is 6.96. The third-order valence-electron chi connectivity index (χ3n) is 3.72. The number of hydrogen-bond acceptors (Lipinski definition) is 4. The largest absolute Gasteiger partial charge is 0.462 e. The number of carbonyl (C=O) groups is 1. The Morgan fingerprint density at radius 2 is 2.06 bits per heavy atom. The van der Waals surface area contributed by atoms with E-state index in [0.717, 1.165) is 26.1 Å². The number of ether oxygens (including phenoxy) is 1. The summed E-state index contributed by atoms with van der Waals surface area (Å²) in [5.41, 5.74) is 0. The predicted octanol–water partition coefficient (Wildman–Crippen LogP) is 1.60. The lowest BCUT2D eigenvalue weighted by Gasteiger charge is -2.41. The molecule has 18 heavy (non-hydrogen) atoms. The van der Waals surface area contributed by atoms with Crippen molar-refractivity contribution < 1.29 is 9.53 Å². The SMILES string of the molecule is CC(=O)OC1CC(C)N(CCCN(C)C)CC1C. The third-order valence-corrected chi connectivity index (χ3v) is 3.72. The van der Waals surface area contributed by atoms with E-state index < -0.39 is 0 Å². The second-order valence-electron chi connectivity index (χ2n) is 5.86. The fourth-order valence-corrected chi connectivity index (χ4v) is 2.66. The Hall–Kier alpha value is -0.610. The monoisotopic (exact) mass is 256 g/mol. The van der Waals surface area contributed by atoms with Gasteiger partial charge in [0.25, 0.3) is 0 Å². The van der Waals surface area contributed by atoms with Gasteiger partial charge in [-0.15, -0.1) is 0 Å². The summed E-state index contributed by atoms with van der Waals surface area (Å²) in [5.74, 6) is 0.282. The molecule has 3 atom stereocenters. The lowest BCUT2D eigenvalue weighted by Crippen LogP contribution is -2.49. The smallest absolute Gasteiger partial charge is 0.302 e. The molecule has 0 aromatic carbocycles. The summed E-state index contributed by atoms with van der Waals surface area (Å²) in [4.78, 5) is 15.8. The molecular formula is C14H28N2O2. The van der Waals surface area contributed by atoms with Crippen LogP contribution in [0.3, 0.4) is 0 Å². The standard InChI is InChI=1S/C14H28N2O2/c1-11-10-16(8-6-7-15(4)5)12(2)9-14(11)18-13(3)17/h11-12,14H,6-10H2,1-5H3. The van der Waals surface area contributed by atoms with E-state index in [1.807, 2.05) is 0 Å². The molecule has 1 saturated heterocycles. The molecule has 0 N–H and O–H groups in total. The van der Waals surface area contributed by atoms with Gasteiger partial charge in [-0.05, 0) is 47.0 Å². The first-order valence-corrected chi connectivity index (χ1v) is 6.96. The zero-order chi connectivity index (χ0) is 13.7. The molecule has 1 rings (SSSR count). The zero-order valence-electron chi connectivity index (χ0n) is 12.5. The second kappa shape index (κ2) is 7.10. The molecule has 4 nitrogen and oxygen atoms in total. The number of piperidine rings is 1. The van der Waals surface area contributed by atoms with Crippen molar-refractivity contribution in [3.8, 4) is 0 Å². The van der Waals surface area contributed by atoms with Gasteiger partial charge >= 0.3 is 5.97 Å². The van der Waals surface area contributed by atoms with Gasteiger partial charge in [0, 0.05) is 25.4 Å². The Bertz CT molecular complexity index is 269. The zero-order valence-corrected chi connectivity index (χ0v) is 12.5. The van der Waals surface area contributed by atoms with Crippen LogP contribution in [0.25, 0.3) is 0 Å². The molecule has 0 aromatic heterocycles. The number of hydrogen-bond donors (Lipinski definition) is 0. The molecule has 0 saturated carbocycles. The van der Waals surface area contributed by atoms with Crippen LogP contribution in [0.2, 0.25) is 0 Å². The Morgan fingerprint density at radius 3 is 2.61 bits per heavy atom. The number of nitrogens with zero attached hydrogens (tertiary/aromatic N) is 2. The molecule has 1 heterocycles. The van der Waals surface area contributed by atoms with Crippen molar-refractivity contribution in [2.24, 2.45) is 5.92 Å². The van der Waals surface area contributed by atoms with Gasteiger partial charge in [-0.2, -0.15) is 0 Å². The Kier molecular flexibility index (Phi) is 6.09. The van der Waals surface area contributed by atoms with Crippen LogP contribution in [0.5, 0.6) is 0 Å². The normalized spacial score (nSPS) is 29.6. The summed E-state index contributed by atoms with van der Waals surface area (Å²) in [5, 5.41) is 0. The van der Waals surface area contributed by atoms with E-state index in [-0.39, 0.29) is 12.1 Å². The molecule has 1 aliphatic rings. The molecule has 0 radical (unpaired) electrons. The summed E-state index contributed by atoms with van der Waals surface area (Å²) >= 11 is 0. The van der Waals surface area contributed by atoms with Crippen LogP contribution in [0, 0.1) is 5.92 Å². The van der Waals surface area contributed by atoms with Gasteiger partial charge in [-0.3, -0.25) is 4.79 Å². The molecule has 0 spiro atoms. The van der Waals surface area contributed by atoms with Crippen LogP contribution < -0.4 is 0 Å². The van der Waals surface area contributed by atoms with Crippen LogP contribution in [-0.2, 0) is 9.53 Å². The Balaban J connectivity index is 2.39. The molecular weight excluding hydrogens is 228 g/mol. The van der Waals surface area contributed by atoms with E-state index in [0.29, 0.717) is 12.0 Å². The summed E-state index contributed by atoms with van der Waals surface area (Å²) in [6.07, 6.45) is 2.26. The van der Waals surface area contributed by atoms with Gasteiger partial charge in [-0.1, -0.05) is 6.92 Å². The van der Waals surface area contributed by atoms with E-state index in [1.54, 1.807) is 0 Å². The van der Waals surface area contributed by atoms with Crippen molar-refractivity contribution in [3.63, 3.8) is 0 Å². The minimum absolute atomic E-state index is 0.0996. The highest BCUT2D eigenvalue weighted by molar-refractivity contribution is 5.66. The van der Waals surface area contributed by atoms with Crippen LogP contribution in [0.1, 0.15) is 33.6 Å². The molecule has 3 unspecified atom stereocenters. The van der Waals surface area contributed by atoms with Gasteiger partial charge in [0.2, 0.25) is 0 Å².